The largest absolute Gasteiger partial charge is 0.473 e. The Morgan fingerprint density at radius 2 is 1.91 bits per heavy atom. The Morgan fingerprint density at radius 3 is 2.46 bits per heavy atom. The lowest BCUT2D eigenvalue weighted by atomic mass is 9.97. The average Bonchev–Trinajstić information content (AvgIpc) is 2.82. The number of ether oxygens (including phenoxy) is 2. The first kappa shape index (κ1) is 28.6. The molecule has 0 saturated carbocycles. The van der Waals surface area contributed by atoms with Crippen LogP contribution in [0.4, 0.5) is 8.78 Å². The fraction of sp³-hybridized carbons (Fsp3) is 0.609. The lowest BCUT2D eigenvalue weighted by Crippen LogP contribution is -2.43. The molecule has 196 valence electrons. The third kappa shape index (κ3) is 9.17. The normalized spacial score (nSPS) is 16.1. The predicted octanol–water partition coefficient (Wildman–Crippen LogP) is 2.92. The number of carbonyl (C=O) groups is 2. The topological polar surface area (TPSA) is 115 Å². The number of nitrogens with one attached hydrogen (secondary N) is 1. The molecular weight excluding hydrogens is 484 g/mol. The van der Waals surface area contributed by atoms with Gasteiger partial charge in [0.05, 0.1) is 12.5 Å². The third-order valence-corrected chi connectivity index (χ3v) is 7.08. The summed E-state index contributed by atoms with van der Waals surface area (Å²) >= 11 is 0. The van der Waals surface area contributed by atoms with Crippen molar-refractivity contribution in [3.8, 4) is 5.88 Å². The van der Waals surface area contributed by atoms with E-state index in [2.05, 4.69) is 10.3 Å². The summed E-state index contributed by atoms with van der Waals surface area (Å²) in [5, 5.41) is 2.48. The Kier molecular flexibility index (Phi) is 10.6. The highest BCUT2D eigenvalue weighted by Crippen LogP contribution is 2.24. The molecule has 0 unspecified atom stereocenters. The Bertz CT molecular complexity index is 986. The van der Waals surface area contributed by atoms with E-state index in [1.807, 2.05) is 0 Å². The van der Waals surface area contributed by atoms with Gasteiger partial charge in [-0.2, -0.15) is 4.31 Å². The summed E-state index contributed by atoms with van der Waals surface area (Å²) in [4.78, 5) is 27.7. The van der Waals surface area contributed by atoms with Gasteiger partial charge in [0, 0.05) is 38.0 Å². The number of carbonyl (C=O) groups excluding carboxylic acids is 2. The van der Waals surface area contributed by atoms with E-state index in [4.69, 9.17) is 9.47 Å². The maximum atomic E-state index is 13.2. The number of piperidine rings is 1. The molecule has 0 spiro atoms. The van der Waals surface area contributed by atoms with Crippen molar-refractivity contribution in [2.75, 3.05) is 32.9 Å². The molecule has 1 fully saturated rings. The first-order valence-corrected chi connectivity index (χ1v) is 12.8. The highest BCUT2D eigenvalue weighted by atomic mass is 32.2. The molecule has 0 atom stereocenters. The second-order valence-corrected chi connectivity index (χ2v) is 11.1. The summed E-state index contributed by atoms with van der Waals surface area (Å²) in [6, 6.07) is 2.71. The van der Waals surface area contributed by atoms with Crippen LogP contribution in [0.15, 0.2) is 35.1 Å². The molecule has 1 aromatic heterocycles. The van der Waals surface area contributed by atoms with Gasteiger partial charge in [-0.25, -0.2) is 22.2 Å². The fourth-order valence-electron chi connectivity index (χ4n) is 3.41. The number of pyridine rings is 1. The van der Waals surface area contributed by atoms with Crippen molar-refractivity contribution in [1.29, 1.82) is 0 Å². The van der Waals surface area contributed by atoms with Crippen molar-refractivity contribution >= 4 is 21.9 Å². The molecule has 0 bridgehead atoms. The molecule has 2 heterocycles. The van der Waals surface area contributed by atoms with Gasteiger partial charge in [0.2, 0.25) is 21.8 Å². The summed E-state index contributed by atoms with van der Waals surface area (Å²) in [6.07, 6.45) is 2.31. The highest BCUT2D eigenvalue weighted by Gasteiger charge is 2.32. The van der Waals surface area contributed by atoms with Crippen molar-refractivity contribution in [2.45, 2.75) is 57.0 Å². The lowest BCUT2D eigenvalue weighted by molar-refractivity contribution is -0.154. The molecule has 12 heteroatoms. The van der Waals surface area contributed by atoms with Crippen LogP contribution in [-0.2, 0) is 24.3 Å². The quantitative estimate of drug-likeness (QED) is 0.449. The SMILES string of the molecule is CC(C)(C)OC(=O)CCC(=CF)COc1ccc(S(=O)(=O)N2CCC(C(=O)NCCF)CC2)cn1. The molecule has 0 aliphatic carbocycles. The van der Waals surface area contributed by atoms with Crippen LogP contribution in [0.5, 0.6) is 5.88 Å². The Hall–Kier alpha value is -2.60. The minimum atomic E-state index is -3.81. The Balaban J connectivity index is 1.87. The van der Waals surface area contributed by atoms with Crippen LogP contribution in [0.3, 0.4) is 0 Å². The zero-order valence-electron chi connectivity index (χ0n) is 20.3. The smallest absolute Gasteiger partial charge is 0.306 e. The van der Waals surface area contributed by atoms with Gasteiger partial charge in [-0.1, -0.05) is 0 Å². The van der Waals surface area contributed by atoms with E-state index < -0.39 is 28.3 Å². The fourth-order valence-corrected chi connectivity index (χ4v) is 4.82. The maximum absolute atomic E-state index is 13.2. The van der Waals surface area contributed by atoms with Crippen LogP contribution in [-0.4, -0.2) is 68.1 Å². The van der Waals surface area contributed by atoms with Crippen molar-refractivity contribution in [1.82, 2.24) is 14.6 Å². The molecule has 2 rings (SSSR count). The van der Waals surface area contributed by atoms with Crippen LogP contribution in [0.25, 0.3) is 0 Å². The third-order valence-electron chi connectivity index (χ3n) is 5.20. The van der Waals surface area contributed by atoms with Crippen molar-refractivity contribution in [2.24, 2.45) is 5.92 Å². The molecule has 1 aromatic rings. The molecule has 35 heavy (non-hydrogen) atoms. The molecule has 1 amide bonds. The summed E-state index contributed by atoms with van der Waals surface area (Å²) < 4.78 is 63.1. The minimum Gasteiger partial charge on any atom is -0.473 e. The molecule has 1 saturated heterocycles. The Morgan fingerprint density at radius 1 is 1.23 bits per heavy atom. The number of aromatic nitrogens is 1. The molecule has 1 aliphatic heterocycles. The van der Waals surface area contributed by atoms with Crippen molar-refractivity contribution in [3.63, 3.8) is 0 Å². The van der Waals surface area contributed by atoms with E-state index >= 15 is 0 Å². The number of esters is 1. The minimum absolute atomic E-state index is 0.00477. The van der Waals surface area contributed by atoms with Gasteiger partial charge in [0.1, 0.15) is 23.8 Å². The lowest BCUT2D eigenvalue weighted by Gasteiger charge is -2.30. The molecule has 0 radical (unpaired) electrons. The highest BCUT2D eigenvalue weighted by molar-refractivity contribution is 7.89. The van der Waals surface area contributed by atoms with Crippen molar-refractivity contribution < 1.29 is 36.3 Å². The molecular formula is C23H33F2N3O6S. The van der Waals surface area contributed by atoms with E-state index in [0.29, 0.717) is 19.2 Å². The number of hydrogen-bond donors (Lipinski definition) is 1. The van der Waals surface area contributed by atoms with E-state index in [1.54, 1.807) is 20.8 Å². The second-order valence-electron chi connectivity index (χ2n) is 9.13. The number of rotatable bonds is 11. The number of nitrogens with zero attached hydrogens (tertiary/aromatic N) is 2. The second kappa shape index (κ2) is 12.9. The zero-order valence-corrected chi connectivity index (χ0v) is 21.1. The van der Waals surface area contributed by atoms with Gasteiger partial charge in [-0.05, 0) is 51.7 Å². The predicted molar refractivity (Wildman–Crippen MR) is 124 cm³/mol. The van der Waals surface area contributed by atoms with Gasteiger partial charge < -0.3 is 14.8 Å². The van der Waals surface area contributed by atoms with Crippen LogP contribution < -0.4 is 10.1 Å². The monoisotopic (exact) mass is 517 g/mol. The number of sulfonamides is 1. The van der Waals surface area contributed by atoms with Crippen molar-refractivity contribution in [3.05, 3.63) is 30.2 Å². The molecule has 9 nitrogen and oxygen atoms in total. The standard InChI is InChI=1S/C23H33F2N3O6S/c1-23(2,3)34-21(29)7-4-17(14-25)16-33-20-6-5-19(15-27-20)35(31,32)28-12-8-18(9-13-28)22(30)26-11-10-24/h5-6,14-15,18H,4,7-13,16H2,1-3H3,(H,26,30). The van der Waals surface area contributed by atoms with E-state index in [0.717, 1.165) is 6.20 Å². The van der Waals surface area contributed by atoms with Gasteiger partial charge in [-0.15, -0.1) is 0 Å². The number of hydrogen-bond acceptors (Lipinski definition) is 7. The molecule has 1 N–H and O–H groups in total. The van der Waals surface area contributed by atoms with E-state index in [-0.39, 0.29) is 67.3 Å². The van der Waals surface area contributed by atoms with Crippen LogP contribution in [0.1, 0.15) is 46.5 Å². The number of amides is 1. The van der Waals surface area contributed by atoms with Gasteiger partial charge in [0.15, 0.2) is 0 Å². The maximum Gasteiger partial charge on any atom is 0.306 e. The first-order valence-electron chi connectivity index (χ1n) is 11.4. The van der Waals surface area contributed by atoms with Crippen LogP contribution in [0, 0.1) is 5.92 Å². The zero-order chi connectivity index (χ0) is 26.1. The number of alkyl halides is 1. The molecule has 0 aromatic carbocycles. The summed E-state index contributed by atoms with van der Waals surface area (Å²) in [6.45, 7) is 4.70. The van der Waals surface area contributed by atoms with Gasteiger partial charge in [-0.3, -0.25) is 9.59 Å². The van der Waals surface area contributed by atoms with Gasteiger partial charge >= 0.3 is 5.97 Å². The number of halogens is 2. The van der Waals surface area contributed by atoms with Crippen LogP contribution in [0.2, 0.25) is 0 Å². The summed E-state index contributed by atoms with van der Waals surface area (Å²) in [5.74, 6) is -0.969. The summed E-state index contributed by atoms with van der Waals surface area (Å²) in [7, 11) is -3.81. The van der Waals surface area contributed by atoms with E-state index in [9.17, 15) is 26.8 Å². The van der Waals surface area contributed by atoms with Gasteiger partial charge in [0.25, 0.3) is 0 Å². The first-order chi connectivity index (χ1) is 16.5. The summed E-state index contributed by atoms with van der Waals surface area (Å²) in [5.41, 5.74) is -0.396. The van der Waals surface area contributed by atoms with E-state index in [1.165, 1.54) is 16.4 Å². The van der Waals surface area contributed by atoms with Crippen LogP contribution >= 0.6 is 0 Å². The average molecular weight is 518 g/mol. The molecule has 1 aliphatic rings. The Labute approximate surface area is 204 Å².